The van der Waals surface area contributed by atoms with Crippen molar-refractivity contribution in [3.05, 3.63) is 284 Å². The highest BCUT2D eigenvalue weighted by Crippen LogP contribution is 2.52. The van der Waals surface area contributed by atoms with Crippen molar-refractivity contribution in [3.8, 4) is 51.7 Å². The Labute approximate surface area is 506 Å². The van der Waals surface area contributed by atoms with Gasteiger partial charge in [0.15, 0.2) is 0 Å². The number of rotatable bonds is 6. The molecule has 7 nitrogen and oxygen atoms in total. The van der Waals surface area contributed by atoms with Crippen LogP contribution < -0.4 is 0 Å². The molecule has 0 amide bonds. The fraction of sp³-hybridized carbons (Fsp3) is 0. The van der Waals surface area contributed by atoms with E-state index < -0.39 is 0 Å². The predicted octanol–water partition coefficient (Wildman–Crippen LogP) is 21.0. The Kier molecular flexibility index (Phi) is 10.1. The third-order valence-corrected chi connectivity index (χ3v) is 19.7. The molecule has 8 heteroatoms. The number of hydrogen-bond acceptors (Lipinski definition) is 3. The van der Waals surface area contributed by atoms with Gasteiger partial charge in [0.25, 0.3) is 0 Å². The topological polar surface area (TPSA) is 72.2 Å². The van der Waals surface area contributed by atoms with Crippen molar-refractivity contribution in [2.45, 2.75) is 0 Å². The Bertz CT molecular complexity index is 6030. The van der Waals surface area contributed by atoms with E-state index in [0.717, 1.165) is 131 Å². The van der Waals surface area contributed by atoms with Gasteiger partial charge < -0.3 is 22.8 Å². The van der Waals surface area contributed by atoms with Crippen LogP contribution in [0, 0.1) is 22.7 Å². The fourth-order valence-electron chi connectivity index (χ4n) is 15.0. The van der Waals surface area contributed by atoms with Crippen molar-refractivity contribution in [2.75, 3.05) is 0 Å². The largest absolute Gasteiger partial charge is 0.309 e. The third kappa shape index (κ3) is 6.42. The number of nitrogens with zero attached hydrogens (tertiary/aromatic N) is 7. The Morgan fingerprint density at radius 3 is 1.14 bits per heavy atom. The summed E-state index contributed by atoms with van der Waals surface area (Å²) < 4.78 is 14.0. The van der Waals surface area contributed by atoms with Crippen molar-refractivity contribution >= 4 is 141 Å². The summed E-state index contributed by atoms with van der Waals surface area (Å²) in [4.78, 5) is 0. The number of aromatic nitrogens is 5. The minimum Gasteiger partial charge on any atom is -0.309 e. The standard InChI is InChI=1S/C80H45N7S/c81-46-63-75(84-66-34-13-4-23-51(66)52-24-5-14-35-67(52)84)64(47-82)77(86-70-38-17-8-27-55(70)56-28-9-18-39-71(56)86)79(76(63)85-68-36-15-6-25-53(68)54-26-7-16-37-69(54)85)87-72-45-48(41-42-58(72)61-43-44-62-59-30-11-19-40-73(59)88-80(62)78(61)87)50-31-20-32-60-57-29-10-12-33-65(57)83(74(50)60)49-21-2-1-3-22-49/h1-45H. The Balaban J connectivity index is 1.10. The molecule has 406 valence electrons. The van der Waals surface area contributed by atoms with Gasteiger partial charge in [0.05, 0.1) is 82.6 Å². The van der Waals surface area contributed by atoms with Gasteiger partial charge in [0.1, 0.15) is 23.3 Å². The van der Waals surface area contributed by atoms with Gasteiger partial charge >= 0.3 is 0 Å². The summed E-state index contributed by atoms with van der Waals surface area (Å²) in [6.45, 7) is 0. The van der Waals surface area contributed by atoms with Crippen LogP contribution in [0.5, 0.6) is 0 Å². The zero-order chi connectivity index (χ0) is 57.9. The van der Waals surface area contributed by atoms with E-state index >= 15 is 0 Å². The summed E-state index contributed by atoms with van der Waals surface area (Å²) in [5, 5.41) is 38.7. The normalized spacial score (nSPS) is 12.1. The highest BCUT2D eigenvalue weighted by molar-refractivity contribution is 7.26. The lowest BCUT2D eigenvalue weighted by Gasteiger charge is -2.27. The van der Waals surface area contributed by atoms with E-state index in [1.165, 1.54) is 15.5 Å². The van der Waals surface area contributed by atoms with Crippen LogP contribution in [0.4, 0.5) is 0 Å². The van der Waals surface area contributed by atoms with E-state index in [4.69, 9.17) is 0 Å². The second-order valence-electron chi connectivity index (χ2n) is 22.9. The summed E-state index contributed by atoms with van der Waals surface area (Å²) in [7, 11) is 0. The molecule has 0 saturated heterocycles. The zero-order valence-electron chi connectivity index (χ0n) is 47.0. The summed E-state index contributed by atoms with van der Waals surface area (Å²) in [5.41, 5.74) is 16.1. The molecule has 13 aromatic carbocycles. The number of nitriles is 2. The molecule has 6 heterocycles. The SMILES string of the molecule is N#Cc1c(-n2c3ccccc3c3ccccc32)c(C#N)c(-n2c3ccccc3c3ccccc32)c(-n2c3cc(-c4cccc5c6ccccc6n(-c6ccccc6)c45)ccc3c3ccc4c5ccccc5sc4c32)c1-n1c2ccccc2c2ccccc21. The maximum atomic E-state index is 12.9. The molecule has 0 spiro atoms. The first-order valence-corrected chi connectivity index (χ1v) is 30.4. The number of fused-ring (bicyclic) bond motifs is 19. The lowest BCUT2D eigenvalue weighted by atomic mass is 9.98. The average Bonchev–Trinajstić information content (AvgIpc) is 1.62. The molecule has 0 aliphatic rings. The molecule has 0 bridgehead atoms. The first kappa shape index (κ1) is 48.4. The van der Waals surface area contributed by atoms with E-state index in [-0.39, 0.29) is 0 Å². The van der Waals surface area contributed by atoms with Gasteiger partial charge in [-0.1, -0.05) is 206 Å². The second kappa shape index (κ2) is 18.3. The van der Waals surface area contributed by atoms with E-state index in [0.29, 0.717) is 33.9 Å². The van der Waals surface area contributed by atoms with Crippen molar-refractivity contribution in [1.82, 2.24) is 22.8 Å². The molecule has 0 aliphatic heterocycles. The third-order valence-electron chi connectivity index (χ3n) is 18.5. The number of thiophene rings is 1. The van der Waals surface area contributed by atoms with Crippen LogP contribution in [-0.2, 0) is 0 Å². The van der Waals surface area contributed by atoms with Gasteiger partial charge in [0.2, 0.25) is 0 Å². The maximum Gasteiger partial charge on any atom is 0.104 e. The van der Waals surface area contributed by atoms with Crippen LogP contribution in [0.25, 0.3) is 169 Å². The van der Waals surface area contributed by atoms with E-state index in [1.54, 1.807) is 11.3 Å². The summed E-state index contributed by atoms with van der Waals surface area (Å²) >= 11 is 1.79. The van der Waals surface area contributed by atoms with Crippen molar-refractivity contribution in [2.24, 2.45) is 0 Å². The molecule has 0 aliphatic carbocycles. The number of hydrogen-bond donors (Lipinski definition) is 0. The minimum absolute atomic E-state index is 0.362. The highest BCUT2D eigenvalue weighted by Gasteiger charge is 2.35. The van der Waals surface area contributed by atoms with Crippen molar-refractivity contribution in [3.63, 3.8) is 0 Å². The van der Waals surface area contributed by atoms with Gasteiger partial charge in [-0.05, 0) is 72.3 Å². The summed E-state index contributed by atoms with van der Waals surface area (Å²) in [6, 6.07) is 103. The molecule has 19 aromatic rings. The predicted molar refractivity (Wildman–Crippen MR) is 366 cm³/mol. The minimum atomic E-state index is 0.362. The fourth-order valence-corrected chi connectivity index (χ4v) is 16.3. The Morgan fingerprint density at radius 1 is 0.261 bits per heavy atom. The summed E-state index contributed by atoms with van der Waals surface area (Å²) in [6.07, 6.45) is 0. The molecule has 6 aromatic heterocycles. The lowest BCUT2D eigenvalue weighted by molar-refractivity contribution is 1.02. The van der Waals surface area contributed by atoms with Crippen LogP contribution in [0.15, 0.2) is 273 Å². The molecule has 0 N–H and O–H groups in total. The molecule has 0 unspecified atom stereocenters. The van der Waals surface area contributed by atoms with Crippen LogP contribution in [-0.4, -0.2) is 22.8 Å². The number of para-hydroxylation sites is 9. The lowest BCUT2D eigenvalue weighted by Crippen LogP contribution is -2.17. The molecule has 0 radical (unpaired) electrons. The van der Waals surface area contributed by atoms with Crippen molar-refractivity contribution in [1.29, 1.82) is 10.5 Å². The molecular weight excluding hydrogens is 1090 g/mol. The van der Waals surface area contributed by atoms with Crippen LogP contribution in [0.3, 0.4) is 0 Å². The van der Waals surface area contributed by atoms with Gasteiger partial charge in [-0.2, -0.15) is 10.5 Å². The molecule has 19 rings (SSSR count). The summed E-state index contributed by atoms with van der Waals surface area (Å²) in [5.74, 6) is 0. The monoisotopic (exact) mass is 1140 g/mol. The molecule has 0 saturated carbocycles. The molecular formula is C80H45N7S. The number of benzene rings is 13. The molecule has 0 atom stereocenters. The smallest absolute Gasteiger partial charge is 0.104 e. The molecule has 88 heavy (non-hydrogen) atoms. The van der Waals surface area contributed by atoms with Crippen LogP contribution in [0.2, 0.25) is 0 Å². The Hall–Kier alpha value is -11.9. The van der Waals surface area contributed by atoms with Gasteiger partial charge in [-0.3, -0.25) is 0 Å². The first-order valence-electron chi connectivity index (χ1n) is 29.6. The first-order chi connectivity index (χ1) is 43.7. The van der Waals surface area contributed by atoms with Gasteiger partial charge in [0, 0.05) is 80.6 Å². The molecule has 0 fully saturated rings. The van der Waals surface area contributed by atoms with E-state index in [1.807, 2.05) is 0 Å². The highest BCUT2D eigenvalue weighted by atomic mass is 32.1. The van der Waals surface area contributed by atoms with Crippen molar-refractivity contribution < 1.29 is 0 Å². The van der Waals surface area contributed by atoms with Gasteiger partial charge in [-0.15, -0.1) is 11.3 Å². The quantitative estimate of drug-likeness (QED) is 0.166. The maximum absolute atomic E-state index is 12.9. The zero-order valence-corrected chi connectivity index (χ0v) is 47.8. The van der Waals surface area contributed by atoms with Gasteiger partial charge in [-0.25, -0.2) is 0 Å². The Morgan fingerprint density at radius 2 is 0.636 bits per heavy atom. The average molecular weight is 1140 g/mol. The van der Waals surface area contributed by atoms with Crippen LogP contribution >= 0.6 is 11.3 Å². The second-order valence-corrected chi connectivity index (χ2v) is 23.9. The van der Waals surface area contributed by atoms with Crippen LogP contribution in [0.1, 0.15) is 11.1 Å². The van der Waals surface area contributed by atoms with E-state index in [9.17, 15) is 10.5 Å². The van der Waals surface area contributed by atoms with E-state index in [2.05, 4.69) is 308 Å².